The van der Waals surface area contributed by atoms with Gasteiger partial charge in [0.15, 0.2) is 23.0 Å². The van der Waals surface area contributed by atoms with E-state index in [0.29, 0.717) is 26.4 Å². The maximum absolute atomic E-state index is 6.05. The molecular weight excluding hydrogens is 308 g/mol. The van der Waals surface area contributed by atoms with Crippen molar-refractivity contribution in [1.29, 1.82) is 0 Å². The number of rotatable bonds is 1. The van der Waals surface area contributed by atoms with Crippen LogP contribution in [0.3, 0.4) is 0 Å². The molecule has 0 aromatic carbocycles. The lowest BCUT2D eigenvalue weighted by Gasteiger charge is -2.20. The van der Waals surface area contributed by atoms with Crippen molar-refractivity contribution in [3.05, 3.63) is 10.8 Å². The molecule has 0 spiro atoms. The van der Waals surface area contributed by atoms with E-state index in [4.69, 9.17) is 18.9 Å². The Kier molecular flexibility index (Phi) is 3.04. The molecule has 4 rings (SSSR count). The number of fused-ring (bicyclic) bond motifs is 2. The van der Waals surface area contributed by atoms with E-state index in [1.54, 1.807) is 22.7 Å². The number of ether oxygens (including phenoxy) is 4. The zero-order chi connectivity index (χ0) is 14.4. The highest BCUT2D eigenvalue weighted by Gasteiger charge is 2.30. The molecule has 2 aliphatic heterocycles. The van der Waals surface area contributed by atoms with Crippen molar-refractivity contribution < 1.29 is 18.9 Å². The smallest absolute Gasteiger partial charge is 0.180 e. The van der Waals surface area contributed by atoms with Gasteiger partial charge in [0.1, 0.15) is 13.2 Å². The van der Waals surface area contributed by atoms with Gasteiger partial charge in [-0.15, -0.1) is 22.7 Å². The van der Waals surface area contributed by atoms with Gasteiger partial charge in [-0.1, -0.05) is 13.8 Å². The molecule has 0 atom stereocenters. The van der Waals surface area contributed by atoms with Crippen molar-refractivity contribution in [3.63, 3.8) is 0 Å². The molecule has 0 unspecified atom stereocenters. The van der Waals surface area contributed by atoms with Crippen LogP contribution in [0.5, 0.6) is 23.0 Å². The normalized spacial score (nSPS) is 19.1. The van der Waals surface area contributed by atoms with E-state index < -0.39 is 0 Å². The zero-order valence-electron chi connectivity index (χ0n) is 11.9. The second-order valence-corrected chi connectivity index (χ2v) is 7.71. The second-order valence-electron chi connectivity index (χ2n) is 5.95. The topological polar surface area (TPSA) is 36.9 Å². The summed E-state index contributed by atoms with van der Waals surface area (Å²) in [6.45, 7) is 6.80. The van der Waals surface area contributed by atoms with Crippen molar-refractivity contribution in [2.45, 2.75) is 13.8 Å². The molecule has 0 N–H and O–H groups in total. The Balaban J connectivity index is 1.75. The molecule has 2 aromatic rings. The van der Waals surface area contributed by atoms with Crippen LogP contribution in [-0.2, 0) is 0 Å². The minimum Gasteiger partial charge on any atom is -0.488 e. The highest BCUT2D eigenvalue weighted by atomic mass is 32.1. The van der Waals surface area contributed by atoms with Gasteiger partial charge in [-0.05, 0) is 0 Å². The summed E-state index contributed by atoms with van der Waals surface area (Å²) < 4.78 is 23.3. The van der Waals surface area contributed by atoms with E-state index in [1.807, 2.05) is 10.8 Å². The number of hydrogen-bond acceptors (Lipinski definition) is 6. The number of hydrogen-bond donors (Lipinski definition) is 0. The molecule has 0 amide bonds. The first-order valence-corrected chi connectivity index (χ1v) is 8.64. The average Bonchev–Trinajstić information content (AvgIpc) is 3.03. The summed E-state index contributed by atoms with van der Waals surface area (Å²) in [5, 5.41) is 4.01. The molecule has 2 aliphatic rings. The van der Waals surface area contributed by atoms with Gasteiger partial charge >= 0.3 is 0 Å². The SMILES string of the molecule is CC1(C)COc2csc(-c3scc4c3OCCO4)c2OC1. The number of thiophene rings is 2. The van der Waals surface area contributed by atoms with Gasteiger partial charge in [0.25, 0.3) is 0 Å². The zero-order valence-corrected chi connectivity index (χ0v) is 13.6. The van der Waals surface area contributed by atoms with Crippen LogP contribution in [0.1, 0.15) is 13.8 Å². The van der Waals surface area contributed by atoms with E-state index in [9.17, 15) is 0 Å². The molecule has 112 valence electrons. The Bertz CT molecular complexity index is 671. The molecular formula is C15H16O4S2. The van der Waals surface area contributed by atoms with E-state index in [0.717, 1.165) is 32.8 Å². The summed E-state index contributed by atoms with van der Waals surface area (Å²) in [7, 11) is 0. The van der Waals surface area contributed by atoms with E-state index in [2.05, 4.69) is 13.8 Å². The molecule has 0 bridgehead atoms. The third-order valence-electron chi connectivity index (χ3n) is 3.45. The van der Waals surface area contributed by atoms with Gasteiger partial charge < -0.3 is 18.9 Å². The predicted molar refractivity (Wildman–Crippen MR) is 83.4 cm³/mol. The fourth-order valence-electron chi connectivity index (χ4n) is 2.33. The Morgan fingerprint density at radius 2 is 1.38 bits per heavy atom. The van der Waals surface area contributed by atoms with Gasteiger partial charge in [0, 0.05) is 16.2 Å². The molecule has 21 heavy (non-hydrogen) atoms. The maximum atomic E-state index is 6.05. The summed E-state index contributed by atoms with van der Waals surface area (Å²) in [6, 6.07) is 0. The molecule has 4 nitrogen and oxygen atoms in total. The summed E-state index contributed by atoms with van der Waals surface area (Å²) in [5.74, 6) is 3.34. The molecule has 0 fully saturated rings. The fraction of sp³-hybridized carbons (Fsp3) is 0.467. The van der Waals surface area contributed by atoms with E-state index >= 15 is 0 Å². The Labute approximate surface area is 131 Å². The first kappa shape index (κ1) is 13.3. The lowest BCUT2D eigenvalue weighted by molar-refractivity contribution is 0.140. The van der Waals surface area contributed by atoms with Gasteiger partial charge in [0.2, 0.25) is 0 Å². The third kappa shape index (κ3) is 2.26. The summed E-state index contributed by atoms with van der Waals surface area (Å²) >= 11 is 3.26. The molecule has 2 aromatic heterocycles. The highest BCUT2D eigenvalue weighted by Crippen LogP contribution is 2.54. The van der Waals surface area contributed by atoms with Crippen LogP contribution in [0, 0.1) is 5.41 Å². The quantitative estimate of drug-likeness (QED) is 0.793. The highest BCUT2D eigenvalue weighted by molar-refractivity contribution is 7.21. The first-order chi connectivity index (χ1) is 10.1. The first-order valence-electron chi connectivity index (χ1n) is 6.89. The van der Waals surface area contributed by atoms with Gasteiger partial charge in [-0.3, -0.25) is 0 Å². The van der Waals surface area contributed by atoms with Crippen molar-refractivity contribution >= 4 is 22.7 Å². The van der Waals surface area contributed by atoms with Crippen molar-refractivity contribution in [3.8, 4) is 32.8 Å². The lowest BCUT2D eigenvalue weighted by atomic mass is 9.97. The Morgan fingerprint density at radius 3 is 2.14 bits per heavy atom. The predicted octanol–water partition coefficient (Wildman–Crippen LogP) is 4.05. The van der Waals surface area contributed by atoms with E-state index in [1.165, 1.54) is 0 Å². The lowest BCUT2D eigenvalue weighted by Crippen LogP contribution is -2.26. The summed E-state index contributed by atoms with van der Waals surface area (Å²) in [6.07, 6.45) is 0. The molecule has 0 aliphatic carbocycles. The van der Waals surface area contributed by atoms with E-state index in [-0.39, 0.29) is 5.41 Å². The average molecular weight is 324 g/mol. The van der Waals surface area contributed by atoms with Crippen LogP contribution in [0.15, 0.2) is 10.8 Å². The van der Waals surface area contributed by atoms with Crippen LogP contribution in [0.4, 0.5) is 0 Å². The van der Waals surface area contributed by atoms with Gasteiger partial charge in [-0.25, -0.2) is 0 Å². The van der Waals surface area contributed by atoms with Crippen LogP contribution in [0.25, 0.3) is 9.75 Å². The van der Waals surface area contributed by atoms with Crippen LogP contribution in [-0.4, -0.2) is 26.4 Å². The van der Waals surface area contributed by atoms with Crippen LogP contribution in [0.2, 0.25) is 0 Å². The standard InChI is InChI=1S/C15H16O4S2/c1-15(2)7-18-10-6-21-14(12(10)19-8-15)13-11-9(5-20-13)16-3-4-17-11/h5-6H,3-4,7-8H2,1-2H3. The second kappa shape index (κ2) is 4.81. The van der Waals surface area contributed by atoms with Crippen LogP contribution >= 0.6 is 22.7 Å². The Morgan fingerprint density at radius 1 is 0.810 bits per heavy atom. The van der Waals surface area contributed by atoms with Crippen molar-refractivity contribution in [1.82, 2.24) is 0 Å². The summed E-state index contributed by atoms with van der Waals surface area (Å²) in [4.78, 5) is 2.14. The minimum atomic E-state index is 0.0163. The molecule has 6 heteroatoms. The third-order valence-corrected chi connectivity index (χ3v) is 5.49. The monoisotopic (exact) mass is 324 g/mol. The largest absolute Gasteiger partial charge is 0.488 e. The van der Waals surface area contributed by atoms with Crippen molar-refractivity contribution in [2.75, 3.05) is 26.4 Å². The minimum absolute atomic E-state index is 0.0163. The van der Waals surface area contributed by atoms with Crippen molar-refractivity contribution in [2.24, 2.45) is 5.41 Å². The van der Waals surface area contributed by atoms with Gasteiger partial charge in [-0.2, -0.15) is 0 Å². The van der Waals surface area contributed by atoms with Crippen LogP contribution < -0.4 is 18.9 Å². The van der Waals surface area contributed by atoms with Gasteiger partial charge in [0.05, 0.1) is 23.0 Å². The molecule has 4 heterocycles. The molecule has 0 saturated heterocycles. The Hall–Kier alpha value is -1.40. The molecule has 0 radical (unpaired) electrons. The summed E-state index contributed by atoms with van der Waals surface area (Å²) in [5.41, 5.74) is 0.0163. The molecule has 0 saturated carbocycles. The fourth-order valence-corrected chi connectivity index (χ4v) is 4.35. The maximum Gasteiger partial charge on any atom is 0.180 e.